The number of amides is 1. The third kappa shape index (κ3) is 6.38. The van der Waals surface area contributed by atoms with Crippen LogP contribution in [0.1, 0.15) is 44.4 Å². The minimum Gasteiger partial charge on any atom is -0.493 e. The van der Waals surface area contributed by atoms with Gasteiger partial charge in [0.05, 0.1) is 40.6 Å². The van der Waals surface area contributed by atoms with E-state index >= 15 is 0 Å². The van der Waals surface area contributed by atoms with E-state index in [1.807, 2.05) is 13.0 Å². The molecule has 2 heterocycles. The summed E-state index contributed by atoms with van der Waals surface area (Å²) in [7, 11) is 1.54. The van der Waals surface area contributed by atoms with Crippen molar-refractivity contribution in [3.63, 3.8) is 0 Å². The van der Waals surface area contributed by atoms with Crippen LogP contribution in [0, 0.1) is 0 Å². The normalized spacial score (nSPS) is 14.8. The summed E-state index contributed by atoms with van der Waals surface area (Å²) in [4.78, 5) is 43.4. The highest BCUT2D eigenvalue weighted by Gasteiger charge is 2.36. The monoisotopic (exact) mass is 643 g/mol. The number of thiazole rings is 1. The van der Waals surface area contributed by atoms with Gasteiger partial charge in [0.15, 0.2) is 22.9 Å². The van der Waals surface area contributed by atoms with Crippen LogP contribution in [0.3, 0.4) is 0 Å². The predicted molar refractivity (Wildman–Crippen MR) is 158 cm³/mol. The first kappa shape index (κ1) is 30.1. The summed E-state index contributed by atoms with van der Waals surface area (Å²) in [6.45, 7) is 5.76. The van der Waals surface area contributed by atoms with Gasteiger partial charge in [-0.2, -0.15) is 0 Å². The Bertz CT molecular complexity index is 1690. The molecule has 12 heteroatoms. The number of fused-ring (bicyclic) bond motifs is 1. The molecule has 0 radical (unpaired) electrons. The van der Waals surface area contributed by atoms with E-state index in [4.69, 9.17) is 24.7 Å². The number of allylic oxidation sites excluding steroid dienone is 1. The van der Waals surface area contributed by atoms with Crippen LogP contribution in [0.2, 0.25) is 0 Å². The van der Waals surface area contributed by atoms with E-state index in [-0.39, 0.29) is 24.3 Å². The van der Waals surface area contributed by atoms with Crippen LogP contribution in [0.5, 0.6) is 17.2 Å². The van der Waals surface area contributed by atoms with Crippen molar-refractivity contribution in [3.8, 4) is 17.2 Å². The second-order valence-electron chi connectivity index (χ2n) is 8.97. The Kier molecular flexibility index (Phi) is 9.66. The average molecular weight is 645 g/mol. The van der Waals surface area contributed by atoms with Gasteiger partial charge in [-0.15, -0.1) is 0 Å². The summed E-state index contributed by atoms with van der Waals surface area (Å²) in [5.41, 5.74) is 6.83. The molecule has 1 amide bonds. The lowest BCUT2D eigenvalue weighted by Crippen LogP contribution is -2.40. The van der Waals surface area contributed by atoms with Crippen molar-refractivity contribution < 1.29 is 28.5 Å². The summed E-state index contributed by atoms with van der Waals surface area (Å²) < 4.78 is 25.0. The van der Waals surface area contributed by atoms with Crippen LogP contribution < -0.4 is 34.8 Å². The largest absolute Gasteiger partial charge is 0.493 e. The van der Waals surface area contributed by atoms with E-state index in [1.165, 1.54) is 15.9 Å². The molecule has 0 fully saturated rings. The highest BCUT2D eigenvalue weighted by molar-refractivity contribution is 9.10. The van der Waals surface area contributed by atoms with Crippen LogP contribution in [0.15, 0.2) is 61.9 Å². The molecule has 4 rings (SSSR count). The van der Waals surface area contributed by atoms with Crippen molar-refractivity contribution in [1.82, 2.24) is 4.57 Å². The minimum absolute atomic E-state index is 0.165. The zero-order valence-electron chi connectivity index (χ0n) is 23.1. The number of nitrogens with zero attached hydrogens (tertiary/aromatic N) is 2. The SMILES string of the molecule is CCCOc1c(OC)cccc1[C@H]1C(C(=O)OCC)=C(C)N=c2sc(=Cc3ccc(OCC(N)=O)c(Br)c3)c(=O)n21. The third-order valence-corrected chi connectivity index (χ3v) is 7.72. The van der Waals surface area contributed by atoms with Crippen LogP contribution in [-0.4, -0.2) is 43.4 Å². The molecule has 1 aliphatic rings. The molecule has 0 saturated carbocycles. The van der Waals surface area contributed by atoms with Crippen molar-refractivity contribution in [1.29, 1.82) is 0 Å². The maximum atomic E-state index is 14.0. The first-order valence-electron chi connectivity index (χ1n) is 12.9. The Labute approximate surface area is 248 Å². The Morgan fingerprint density at radius 3 is 2.61 bits per heavy atom. The Hall–Kier alpha value is -3.90. The van der Waals surface area contributed by atoms with Gasteiger partial charge in [0.25, 0.3) is 11.5 Å². The van der Waals surface area contributed by atoms with Gasteiger partial charge in [-0.3, -0.25) is 14.2 Å². The molecule has 1 aromatic heterocycles. The minimum atomic E-state index is -0.856. The fourth-order valence-corrected chi connectivity index (χ4v) is 5.93. The van der Waals surface area contributed by atoms with Crippen molar-refractivity contribution in [3.05, 3.63) is 83.0 Å². The van der Waals surface area contributed by atoms with E-state index in [0.717, 1.165) is 6.42 Å². The van der Waals surface area contributed by atoms with E-state index < -0.39 is 17.9 Å². The molecule has 0 aliphatic carbocycles. The van der Waals surface area contributed by atoms with E-state index in [0.29, 0.717) is 54.5 Å². The quantitative estimate of drug-likeness (QED) is 0.317. The highest BCUT2D eigenvalue weighted by Crippen LogP contribution is 2.41. The summed E-state index contributed by atoms with van der Waals surface area (Å²) >= 11 is 4.64. The number of aromatic nitrogens is 1. The number of hydrogen-bond acceptors (Lipinski definition) is 9. The van der Waals surface area contributed by atoms with Gasteiger partial charge in [0.1, 0.15) is 11.8 Å². The molecule has 0 unspecified atom stereocenters. The zero-order valence-corrected chi connectivity index (χ0v) is 25.5. The van der Waals surface area contributed by atoms with Crippen molar-refractivity contribution in [2.75, 3.05) is 26.9 Å². The molecule has 0 bridgehead atoms. The molecule has 0 spiro atoms. The molecular weight excluding hydrogens is 614 g/mol. The standard InChI is InChI=1S/C29H30BrN3O7S/c1-5-12-39-26-18(8-7-9-21(26)37-4)25-24(28(36)38-6-2)16(3)32-29-33(25)27(35)22(41-29)14-17-10-11-20(19(30)13-17)40-15-23(31)34/h7-11,13-14,25H,5-6,12,15H2,1-4H3,(H2,31,34)/t25-/m0/s1. The van der Waals surface area contributed by atoms with Crippen LogP contribution in [0.4, 0.5) is 0 Å². The van der Waals surface area contributed by atoms with Crippen LogP contribution in [-0.2, 0) is 14.3 Å². The second-order valence-corrected chi connectivity index (χ2v) is 10.8. The fraction of sp³-hybridized carbons (Fsp3) is 0.310. The maximum absolute atomic E-state index is 14.0. The number of rotatable bonds is 11. The summed E-state index contributed by atoms with van der Waals surface area (Å²) in [5, 5.41) is 0. The number of ether oxygens (including phenoxy) is 4. The number of methoxy groups -OCH3 is 1. The first-order valence-corrected chi connectivity index (χ1v) is 14.5. The molecule has 2 N–H and O–H groups in total. The van der Waals surface area contributed by atoms with Gasteiger partial charge in [-0.1, -0.05) is 36.5 Å². The maximum Gasteiger partial charge on any atom is 0.338 e. The fourth-order valence-electron chi connectivity index (χ4n) is 4.38. The van der Waals surface area contributed by atoms with E-state index in [2.05, 4.69) is 20.9 Å². The molecule has 3 aromatic rings. The Morgan fingerprint density at radius 1 is 1.17 bits per heavy atom. The Morgan fingerprint density at radius 2 is 1.95 bits per heavy atom. The third-order valence-electron chi connectivity index (χ3n) is 6.12. The Balaban J connectivity index is 1.91. The second kappa shape index (κ2) is 13.2. The zero-order chi connectivity index (χ0) is 29.7. The van der Waals surface area contributed by atoms with Gasteiger partial charge >= 0.3 is 5.97 Å². The average Bonchev–Trinajstić information content (AvgIpc) is 3.24. The van der Waals surface area contributed by atoms with Crippen molar-refractivity contribution in [2.45, 2.75) is 33.2 Å². The number of carbonyl (C=O) groups excluding carboxylic acids is 2. The van der Waals surface area contributed by atoms with Crippen LogP contribution >= 0.6 is 27.3 Å². The van der Waals surface area contributed by atoms with Gasteiger partial charge < -0.3 is 24.7 Å². The highest BCUT2D eigenvalue weighted by atomic mass is 79.9. The number of para-hydroxylation sites is 1. The number of nitrogens with two attached hydrogens (primary N) is 1. The lowest BCUT2D eigenvalue weighted by atomic mass is 9.94. The molecular formula is C29H30BrN3O7S. The van der Waals surface area contributed by atoms with Crippen LogP contribution in [0.25, 0.3) is 6.08 Å². The molecule has 2 aromatic carbocycles. The number of carbonyl (C=O) groups is 2. The number of hydrogen-bond donors (Lipinski definition) is 1. The summed E-state index contributed by atoms with van der Waals surface area (Å²) in [6.07, 6.45) is 2.48. The summed E-state index contributed by atoms with van der Waals surface area (Å²) in [6, 6.07) is 9.72. The van der Waals surface area contributed by atoms with E-state index in [9.17, 15) is 14.4 Å². The topological polar surface area (TPSA) is 131 Å². The summed E-state index contributed by atoms with van der Waals surface area (Å²) in [5.74, 6) is 0.221. The smallest absolute Gasteiger partial charge is 0.338 e. The van der Waals surface area contributed by atoms with Gasteiger partial charge in [-0.25, -0.2) is 9.79 Å². The van der Waals surface area contributed by atoms with Gasteiger partial charge in [-0.05, 0) is 66.0 Å². The molecule has 10 nitrogen and oxygen atoms in total. The van der Waals surface area contributed by atoms with E-state index in [1.54, 1.807) is 57.4 Å². The number of benzene rings is 2. The van der Waals surface area contributed by atoms with Crippen molar-refractivity contribution >= 4 is 45.2 Å². The molecule has 41 heavy (non-hydrogen) atoms. The number of halogens is 1. The molecule has 1 atom stereocenters. The number of esters is 1. The van der Waals surface area contributed by atoms with Gasteiger partial charge in [0.2, 0.25) is 0 Å². The lowest BCUT2D eigenvalue weighted by Gasteiger charge is -2.27. The predicted octanol–water partition coefficient (Wildman–Crippen LogP) is 3.22. The van der Waals surface area contributed by atoms with Gasteiger partial charge in [0, 0.05) is 5.56 Å². The molecule has 216 valence electrons. The molecule has 0 saturated heterocycles. The first-order chi connectivity index (χ1) is 19.7. The van der Waals surface area contributed by atoms with Crippen molar-refractivity contribution in [2.24, 2.45) is 10.7 Å². The lowest BCUT2D eigenvalue weighted by molar-refractivity contribution is -0.139. The number of primary amides is 1. The molecule has 1 aliphatic heterocycles.